The minimum absolute atomic E-state index is 0.0316. The molecule has 0 amide bonds. The average Bonchev–Trinajstić information content (AvgIpc) is 3.08. The predicted octanol–water partition coefficient (Wildman–Crippen LogP) is 8.70. The Hall–Kier alpha value is 1.21. The monoisotopic (exact) mass is 840 g/mol. The third-order valence-electron chi connectivity index (χ3n) is 4.06. The van der Waals surface area contributed by atoms with Crippen LogP contribution in [0.5, 0.6) is 0 Å². The molecule has 28 heavy (non-hydrogen) atoms. The molecule has 0 saturated carbocycles. The Morgan fingerprint density at radius 2 is 1.11 bits per heavy atom. The SMILES string of the molecule is CC1(C)OI(F)c2ccccc21.CI.CI.CI1OC(C)(C)c2ccccc21. The molecule has 2 aliphatic rings. The van der Waals surface area contributed by atoms with Crippen LogP contribution in [-0.4, -0.2) is 14.8 Å². The van der Waals surface area contributed by atoms with Crippen LogP contribution in [0.25, 0.3) is 0 Å². The van der Waals surface area contributed by atoms with E-state index in [2.05, 4.69) is 88.2 Å². The fourth-order valence-electron chi connectivity index (χ4n) is 2.89. The number of alkyl halides is 3. The Bertz CT molecular complexity index is 689. The van der Waals surface area contributed by atoms with Gasteiger partial charge in [-0.1, -0.05) is 45.2 Å². The van der Waals surface area contributed by atoms with Crippen molar-refractivity contribution in [3.05, 3.63) is 66.8 Å². The molecule has 0 N–H and O–H groups in total. The van der Waals surface area contributed by atoms with Crippen molar-refractivity contribution < 1.29 is 8.99 Å². The number of fused-ring (bicyclic) bond motifs is 2. The topological polar surface area (TPSA) is 18.5 Å². The average molecular weight is 840 g/mol. The summed E-state index contributed by atoms with van der Waals surface area (Å²) in [5.74, 6) is 0. The van der Waals surface area contributed by atoms with Gasteiger partial charge >= 0.3 is 161 Å². The molecule has 0 atom stereocenters. The molecule has 0 radical (unpaired) electrons. The minimum atomic E-state index is -2.74. The van der Waals surface area contributed by atoms with Gasteiger partial charge in [0.15, 0.2) is 0 Å². The molecule has 0 bridgehead atoms. The summed E-state index contributed by atoms with van der Waals surface area (Å²) in [6, 6.07) is 16.2. The van der Waals surface area contributed by atoms with Gasteiger partial charge in [0.05, 0.1) is 0 Å². The van der Waals surface area contributed by atoms with Crippen LogP contribution in [0.2, 0.25) is 0 Å². The third kappa shape index (κ3) is 6.60. The van der Waals surface area contributed by atoms with Gasteiger partial charge in [-0.25, -0.2) is 0 Å². The second-order valence-electron chi connectivity index (χ2n) is 6.76. The molecule has 0 fully saturated rings. The van der Waals surface area contributed by atoms with Gasteiger partial charge < -0.3 is 0 Å². The second-order valence-corrected chi connectivity index (χ2v) is 13.5. The summed E-state index contributed by atoms with van der Waals surface area (Å²) >= 11 is 0.318. The van der Waals surface area contributed by atoms with E-state index in [1.165, 1.54) is 9.13 Å². The molecule has 0 aromatic heterocycles. The van der Waals surface area contributed by atoms with Gasteiger partial charge in [-0.05, 0) is 9.86 Å². The molecule has 160 valence electrons. The van der Waals surface area contributed by atoms with Crippen molar-refractivity contribution in [3.63, 3.8) is 0 Å². The van der Waals surface area contributed by atoms with Crippen molar-refractivity contribution in [2.24, 2.45) is 0 Å². The first-order valence-corrected chi connectivity index (χ1v) is 19.7. The van der Waals surface area contributed by atoms with Crippen molar-refractivity contribution in [1.29, 1.82) is 0 Å². The third-order valence-corrected chi connectivity index (χ3v) is 11.7. The predicted molar refractivity (Wildman–Crippen MR) is 153 cm³/mol. The van der Waals surface area contributed by atoms with E-state index in [0.717, 1.165) is 9.13 Å². The van der Waals surface area contributed by atoms with E-state index in [0.29, 0.717) is 0 Å². The summed E-state index contributed by atoms with van der Waals surface area (Å²) < 4.78 is 26.9. The molecule has 7 heteroatoms. The summed E-state index contributed by atoms with van der Waals surface area (Å²) in [7, 11) is 0. The Morgan fingerprint density at radius 3 is 1.57 bits per heavy atom. The van der Waals surface area contributed by atoms with Gasteiger partial charge in [0.1, 0.15) is 0 Å². The summed E-state index contributed by atoms with van der Waals surface area (Å²) in [6.07, 6.45) is 0. The molecule has 4 rings (SSSR count). The zero-order valence-corrected chi connectivity index (χ0v) is 26.0. The van der Waals surface area contributed by atoms with Crippen molar-refractivity contribution in [1.82, 2.24) is 0 Å². The molecule has 2 aromatic carbocycles. The molecular weight excluding hydrogens is 811 g/mol. The van der Waals surface area contributed by atoms with Gasteiger partial charge in [0.2, 0.25) is 0 Å². The molecule has 2 nitrogen and oxygen atoms in total. The Kier molecular flexibility index (Phi) is 12.0. The zero-order chi connectivity index (χ0) is 21.5. The first-order valence-electron chi connectivity index (χ1n) is 8.53. The maximum atomic E-state index is 13.3. The first-order chi connectivity index (χ1) is 13.2. The molecule has 0 saturated heterocycles. The maximum absolute atomic E-state index is 13.3. The number of hydrogen-bond donors (Lipinski definition) is 0. The first kappa shape index (κ1) is 27.2. The fraction of sp³-hybridized carbons (Fsp3) is 0.429. The molecule has 2 aromatic rings. The van der Waals surface area contributed by atoms with Crippen LogP contribution in [0.4, 0.5) is 2.86 Å². The Balaban J connectivity index is 0.000000238. The summed E-state index contributed by atoms with van der Waals surface area (Å²) in [6.45, 7) is 8.16. The number of rotatable bonds is 0. The van der Waals surface area contributed by atoms with E-state index in [-0.39, 0.29) is 5.60 Å². The zero-order valence-electron chi connectivity index (χ0n) is 17.3. The van der Waals surface area contributed by atoms with Crippen LogP contribution in [-0.2, 0) is 17.3 Å². The van der Waals surface area contributed by atoms with E-state index >= 15 is 0 Å². The number of hydrogen-bond acceptors (Lipinski definition) is 2. The van der Waals surface area contributed by atoms with E-state index in [1.54, 1.807) is 0 Å². The molecular formula is C21H29FI4O2. The molecule has 0 spiro atoms. The van der Waals surface area contributed by atoms with Crippen molar-refractivity contribution in [2.75, 3.05) is 14.8 Å². The van der Waals surface area contributed by atoms with Crippen molar-refractivity contribution in [2.45, 2.75) is 38.9 Å². The van der Waals surface area contributed by atoms with Crippen LogP contribution in [0.3, 0.4) is 0 Å². The van der Waals surface area contributed by atoms with E-state index in [1.807, 2.05) is 48.0 Å². The molecule has 0 unspecified atom stereocenters. The van der Waals surface area contributed by atoms with E-state index in [4.69, 9.17) is 6.13 Å². The molecule has 0 aliphatic carbocycles. The van der Waals surface area contributed by atoms with Crippen LogP contribution in [0, 0.1) is 7.14 Å². The van der Waals surface area contributed by atoms with Gasteiger partial charge in [-0.3, -0.25) is 0 Å². The van der Waals surface area contributed by atoms with Crippen LogP contribution in [0.15, 0.2) is 48.5 Å². The second kappa shape index (κ2) is 12.3. The van der Waals surface area contributed by atoms with Crippen LogP contribution >= 0.6 is 86.2 Å². The van der Waals surface area contributed by atoms with Gasteiger partial charge in [0, 0.05) is 0 Å². The summed E-state index contributed by atoms with van der Waals surface area (Å²) in [5.41, 5.74) is 1.99. The van der Waals surface area contributed by atoms with Crippen molar-refractivity contribution in [3.8, 4) is 0 Å². The normalized spacial score (nSPS) is 19.6. The van der Waals surface area contributed by atoms with E-state index < -0.39 is 46.6 Å². The van der Waals surface area contributed by atoms with Gasteiger partial charge in [0.25, 0.3) is 0 Å². The van der Waals surface area contributed by atoms with Crippen LogP contribution < -0.4 is 0 Å². The Labute approximate surface area is 213 Å². The molecule has 2 aliphatic heterocycles. The van der Waals surface area contributed by atoms with Gasteiger partial charge in [-0.2, -0.15) is 0 Å². The summed E-state index contributed by atoms with van der Waals surface area (Å²) in [4.78, 5) is 6.20. The fourth-order valence-corrected chi connectivity index (χ4v) is 10.6. The Morgan fingerprint density at radius 1 is 0.714 bits per heavy atom. The summed E-state index contributed by atoms with van der Waals surface area (Å²) in [5, 5.41) is 0. The number of halogens is 5. The van der Waals surface area contributed by atoms with Gasteiger partial charge in [-0.15, -0.1) is 0 Å². The standard InChI is InChI=1S/C10H13IO.C9H10FIO.2CH3I/c1-10(2)8-6-4-5-7-9(8)11(3)12-10;1-9(2)7-5-3-4-6-8(7)11(10)12-9;2*1-2/h4-7H,1-3H3;3-6H,1-2H3;2*1H3. The number of benzene rings is 2. The van der Waals surface area contributed by atoms with Crippen LogP contribution in [0.1, 0.15) is 38.8 Å². The molecule has 2 heterocycles. The van der Waals surface area contributed by atoms with E-state index in [9.17, 15) is 2.86 Å². The van der Waals surface area contributed by atoms with Crippen molar-refractivity contribution >= 4 is 86.2 Å². The quantitative estimate of drug-likeness (QED) is 0.196.